The number of hydrogen-bond donors (Lipinski definition) is 0. The highest BCUT2D eigenvalue weighted by atomic mass is 32.2. The summed E-state index contributed by atoms with van der Waals surface area (Å²) in [6, 6.07) is 9.62. The zero-order valence-corrected chi connectivity index (χ0v) is 16.2. The quantitative estimate of drug-likeness (QED) is 0.755. The lowest BCUT2D eigenvalue weighted by molar-refractivity contribution is 0.129. The van der Waals surface area contributed by atoms with E-state index in [9.17, 15) is 8.42 Å². The van der Waals surface area contributed by atoms with E-state index >= 15 is 0 Å². The first kappa shape index (κ1) is 19.3. The Morgan fingerprint density at radius 2 is 1.85 bits per heavy atom. The molecule has 0 amide bonds. The van der Waals surface area contributed by atoms with Gasteiger partial charge >= 0.3 is 6.01 Å². The maximum atomic E-state index is 12.5. The fourth-order valence-electron chi connectivity index (χ4n) is 2.79. The third-order valence-electron chi connectivity index (χ3n) is 4.35. The van der Waals surface area contributed by atoms with E-state index in [2.05, 4.69) is 9.97 Å². The molecule has 1 aliphatic rings. The predicted octanol–water partition coefficient (Wildman–Crippen LogP) is 2.64. The number of hydrogen-bond acceptors (Lipinski definition) is 6. The van der Waals surface area contributed by atoms with Crippen molar-refractivity contribution in [3.63, 3.8) is 0 Å². The third kappa shape index (κ3) is 5.27. The zero-order chi connectivity index (χ0) is 19.3. The molecule has 0 unspecified atom stereocenters. The lowest BCUT2D eigenvalue weighted by Gasteiger charge is -2.30. The van der Waals surface area contributed by atoms with Crippen LogP contribution in [0.3, 0.4) is 0 Å². The average molecular weight is 389 g/mol. The highest BCUT2D eigenvalue weighted by Gasteiger charge is 2.27. The van der Waals surface area contributed by atoms with Gasteiger partial charge in [0, 0.05) is 30.8 Å². The van der Waals surface area contributed by atoms with Gasteiger partial charge in [-0.25, -0.2) is 13.4 Å². The number of piperidine rings is 1. The molecule has 0 bridgehead atoms. The number of nitrogens with zero attached hydrogens (tertiary/aromatic N) is 3. The summed E-state index contributed by atoms with van der Waals surface area (Å²) in [6.07, 6.45) is 4.31. The summed E-state index contributed by atoms with van der Waals surface area (Å²) in [5.74, 6) is 0.433. The minimum absolute atomic E-state index is 0.0860. The predicted molar refractivity (Wildman–Crippen MR) is 103 cm³/mol. The van der Waals surface area contributed by atoms with Crippen molar-refractivity contribution in [1.82, 2.24) is 14.3 Å². The lowest BCUT2D eigenvalue weighted by Crippen LogP contribution is -2.41. The summed E-state index contributed by atoms with van der Waals surface area (Å²) in [4.78, 5) is 8.06. The third-order valence-corrected chi connectivity index (χ3v) is 5.91. The Balaban J connectivity index is 1.56. The van der Waals surface area contributed by atoms with Gasteiger partial charge in [-0.15, -0.1) is 0 Å². The SMILES string of the molecule is COc1nccc(OC2CCN(S(=O)(=O)/C=C/c3ccc(C)cc3)CC2)n1. The molecule has 2 heterocycles. The van der Waals surface area contributed by atoms with Crippen molar-refractivity contribution in [3.8, 4) is 11.9 Å². The Kier molecular flexibility index (Phi) is 6.08. The number of aryl methyl sites for hydroxylation is 1. The molecule has 0 spiro atoms. The van der Waals surface area contributed by atoms with Crippen LogP contribution in [-0.2, 0) is 10.0 Å². The molecule has 7 nitrogen and oxygen atoms in total. The first-order chi connectivity index (χ1) is 13.0. The van der Waals surface area contributed by atoms with E-state index in [-0.39, 0.29) is 12.1 Å². The highest BCUT2D eigenvalue weighted by Crippen LogP contribution is 2.21. The van der Waals surface area contributed by atoms with Gasteiger partial charge in [0.15, 0.2) is 0 Å². The molecule has 8 heteroatoms. The molecule has 1 aliphatic heterocycles. The minimum atomic E-state index is -3.45. The Morgan fingerprint density at radius 3 is 2.52 bits per heavy atom. The monoisotopic (exact) mass is 389 g/mol. The number of benzene rings is 1. The van der Waals surface area contributed by atoms with Crippen LogP contribution < -0.4 is 9.47 Å². The molecule has 144 valence electrons. The van der Waals surface area contributed by atoms with Crippen LogP contribution in [0.25, 0.3) is 6.08 Å². The highest BCUT2D eigenvalue weighted by molar-refractivity contribution is 7.92. The van der Waals surface area contributed by atoms with Crippen molar-refractivity contribution in [2.24, 2.45) is 0 Å². The van der Waals surface area contributed by atoms with Crippen LogP contribution in [0.15, 0.2) is 41.9 Å². The van der Waals surface area contributed by atoms with E-state index in [1.807, 2.05) is 31.2 Å². The molecular formula is C19H23N3O4S. The van der Waals surface area contributed by atoms with Crippen molar-refractivity contribution in [3.05, 3.63) is 53.1 Å². The number of rotatable bonds is 6. The van der Waals surface area contributed by atoms with Crippen LogP contribution in [-0.4, -0.2) is 49.0 Å². The normalized spacial score (nSPS) is 16.5. The van der Waals surface area contributed by atoms with E-state index in [1.54, 1.807) is 18.3 Å². The molecule has 0 atom stereocenters. The van der Waals surface area contributed by atoms with Crippen LogP contribution >= 0.6 is 0 Å². The van der Waals surface area contributed by atoms with E-state index < -0.39 is 10.0 Å². The molecule has 27 heavy (non-hydrogen) atoms. The summed E-state index contributed by atoms with van der Waals surface area (Å²) in [5, 5.41) is 1.27. The number of methoxy groups -OCH3 is 1. The van der Waals surface area contributed by atoms with Crippen LogP contribution in [0.5, 0.6) is 11.9 Å². The van der Waals surface area contributed by atoms with Crippen molar-refractivity contribution in [2.45, 2.75) is 25.9 Å². The summed E-state index contributed by atoms with van der Waals surface area (Å²) in [7, 11) is -1.95. The molecule has 0 N–H and O–H groups in total. The smallest absolute Gasteiger partial charge is 0.319 e. The van der Waals surface area contributed by atoms with Gasteiger partial charge in [0.2, 0.25) is 15.9 Å². The van der Waals surface area contributed by atoms with E-state index in [0.29, 0.717) is 31.8 Å². The molecular weight excluding hydrogens is 366 g/mol. The summed E-state index contributed by atoms with van der Waals surface area (Å²) in [6.45, 7) is 2.81. The molecule has 2 aromatic rings. The number of aromatic nitrogens is 2. The molecule has 0 radical (unpaired) electrons. The molecule has 1 aromatic heterocycles. The van der Waals surface area contributed by atoms with Gasteiger partial charge in [-0.1, -0.05) is 29.8 Å². The summed E-state index contributed by atoms with van der Waals surface area (Å²) in [5.41, 5.74) is 2.00. The number of ether oxygens (including phenoxy) is 2. The fourth-order valence-corrected chi connectivity index (χ4v) is 4.01. The van der Waals surface area contributed by atoms with Gasteiger partial charge in [0.25, 0.3) is 0 Å². The van der Waals surface area contributed by atoms with E-state index in [0.717, 1.165) is 11.1 Å². The van der Waals surface area contributed by atoms with Gasteiger partial charge in [-0.3, -0.25) is 0 Å². The van der Waals surface area contributed by atoms with Crippen LogP contribution in [0.2, 0.25) is 0 Å². The second-order valence-corrected chi connectivity index (χ2v) is 8.17. The standard InChI is InChI=1S/C19H23N3O4S/c1-15-3-5-16(6-4-15)10-14-27(23,24)22-12-8-17(9-13-22)26-18-7-11-20-19(21-18)25-2/h3-7,10-11,14,17H,8-9,12-13H2,1-2H3/b14-10+. The van der Waals surface area contributed by atoms with Gasteiger partial charge in [0.1, 0.15) is 6.10 Å². The van der Waals surface area contributed by atoms with Crippen LogP contribution in [0, 0.1) is 6.92 Å². The van der Waals surface area contributed by atoms with Crippen molar-refractivity contribution in [1.29, 1.82) is 0 Å². The Hall–Kier alpha value is -2.45. The van der Waals surface area contributed by atoms with E-state index in [1.165, 1.54) is 16.8 Å². The lowest BCUT2D eigenvalue weighted by atomic mass is 10.1. The molecule has 1 fully saturated rings. The van der Waals surface area contributed by atoms with E-state index in [4.69, 9.17) is 9.47 Å². The summed E-state index contributed by atoms with van der Waals surface area (Å²) >= 11 is 0. The zero-order valence-electron chi connectivity index (χ0n) is 15.4. The number of sulfonamides is 1. The van der Waals surface area contributed by atoms with Crippen molar-refractivity contribution >= 4 is 16.1 Å². The maximum absolute atomic E-state index is 12.5. The molecule has 1 aromatic carbocycles. The van der Waals surface area contributed by atoms with Crippen LogP contribution in [0.4, 0.5) is 0 Å². The maximum Gasteiger partial charge on any atom is 0.319 e. The van der Waals surface area contributed by atoms with Crippen LogP contribution in [0.1, 0.15) is 24.0 Å². The van der Waals surface area contributed by atoms with Gasteiger partial charge in [-0.2, -0.15) is 9.29 Å². The Labute approximate surface area is 159 Å². The summed E-state index contributed by atoms with van der Waals surface area (Å²) < 4.78 is 37.4. The molecule has 1 saturated heterocycles. The fraction of sp³-hybridized carbons (Fsp3) is 0.368. The average Bonchev–Trinajstić information content (AvgIpc) is 2.68. The molecule has 0 saturated carbocycles. The first-order valence-corrected chi connectivity index (χ1v) is 10.3. The molecule has 0 aliphatic carbocycles. The topological polar surface area (TPSA) is 81.6 Å². The van der Waals surface area contributed by atoms with Gasteiger partial charge in [0.05, 0.1) is 7.11 Å². The van der Waals surface area contributed by atoms with Gasteiger partial charge < -0.3 is 9.47 Å². The molecule has 3 rings (SSSR count). The second-order valence-electron chi connectivity index (χ2n) is 6.36. The van der Waals surface area contributed by atoms with Gasteiger partial charge in [-0.05, 0) is 31.4 Å². The van der Waals surface area contributed by atoms with Crippen molar-refractivity contribution in [2.75, 3.05) is 20.2 Å². The Morgan fingerprint density at radius 1 is 1.15 bits per heavy atom. The van der Waals surface area contributed by atoms with Crippen molar-refractivity contribution < 1.29 is 17.9 Å². The largest absolute Gasteiger partial charge is 0.474 e. The Bertz CT molecular complexity index is 889. The first-order valence-electron chi connectivity index (χ1n) is 8.75. The second kappa shape index (κ2) is 8.49. The minimum Gasteiger partial charge on any atom is -0.474 e.